The highest BCUT2D eigenvalue weighted by atomic mass is 35.5. The largest absolute Gasteiger partial charge is 0.484 e. The first-order valence-electron chi connectivity index (χ1n) is 10.6. The number of piperidine rings is 1. The molecule has 1 aliphatic rings. The molecule has 1 amide bonds. The van der Waals surface area contributed by atoms with Gasteiger partial charge in [0.25, 0.3) is 5.91 Å². The molecule has 0 unspecified atom stereocenters. The molecule has 31 heavy (non-hydrogen) atoms. The number of ether oxygens (including phenoxy) is 1. The number of halogens is 1. The lowest BCUT2D eigenvalue weighted by molar-refractivity contribution is -0.124. The fourth-order valence-electron chi connectivity index (χ4n) is 3.83. The van der Waals surface area contributed by atoms with Gasteiger partial charge >= 0.3 is 0 Å². The number of carbonyl (C=O) groups excluding carboxylic acids is 1. The molecular weight excluding hydrogens is 410 g/mol. The van der Waals surface area contributed by atoms with E-state index < -0.39 is 0 Å². The zero-order chi connectivity index (χ0) is 21.5. The molecule has 4 rings (SSSR count). The molecule has 1 N–H and O–H groups in total. The predicted molar refractivity (Wildman–Crippen MR) is 123 cm³/mol. The number of nitrogens with one attached hydrogen (secondary N) is 1. The number of pyridine rings is 1. The van der Waals surface area contributed by atoms with Crippen LogP contribution in [0.5, 0.6) is 5.75 Å². The van der Waals surface area contributed by atoms with Crippen LogP contribution in [0.15, 0.2) is 72.9 Å². The van der Waals surface area contributed by atoms with Gasteiger partial charge in [-0.15, -0.1) is 0 Å². The molecule has 0 radical (unpaired) electrons. The van der Waals surface area contributed by atoms with Crippen LogP contribution in [0.3, 0.4) is 0 Å². The van der Waals surface area contributed by atoms with E-state index in [9.17, 15) is 4.79 Å². The lowest BCUT2D eigenvalue weighted by Crippen LogP contribution is -2.45. The Morgan fingerprint density at radius 1 is 1.06 bits per heavy atom. The highest BCUT2D eigenvalue weighted by Gasteiger charge is 2.21. The molecule has 1 aliphatic heterocycles. The molecule has 0 bridgehead atoms. The molecule has 0 aliphatic carbocycles. The van der Waals surface area contributed by atoms with Gasteiger partial charge in [-0.3, -0.25) is 14.7 Å². The molecule has 0 atom stereocenters. The van der Waals surface area contributed by atoms with Crippen LogP contribution in [0.1, 0.15) is 18.4 Å². The van der Waals surface area contributed by atoms with Crippen molar-refractivity contribution >= 4 is 17.5 Å². The maximum atomic E-state index is 12.2. The summed E-state index contributed by atoms with van der Waals surface area (Å²) in [7, 11) is 0. The summed E-state index contributed by atoms with van der Waals surface area (Å²) in [6, 6.07) is 21.8. The van der Waals surface area contributed by atoms with Gasteiger partial charge in [0.05, 0.1) is 5.69 Å². The zero-order valence-electron chi connectivity index (χ0n) is 17.3. The number of rotatable bonds is 7. The summed E-state index contributed by atoms with van der Waals surface area (Å²) in [5.74, 6) is 0.506. The minimum absolute atomic E-state index is 0.000863. The highest BCUT2D eigenvalue weighted by molar-refractivity contribution is 6.30. The lowest BCUT2D eigenvalue weighted by atomic mass is 10.0. The Morgan fingerprint density at radius 3 is 2.68 bits per heavy atom. The SMILES string of the molecule is O=C(COc1cccc(Cl)c1)NC1CCN(Cc2cccc(-c3ccccn3)c2)CC1. The van der Waals surface area contributed by atoms with Crippen LogP contribution in [-0.2, 0) is 11.3 Å². The van der Waals surface area contributed by atoms with Gasteiger partial charge in [-0.05, 0) is 54.8 Å². The number of likely N-dealkylation sites (tertiary alicyclic amines) is 1. The van der Waals surface area contributed by atoms with E-state index in [-0.39, 0.29) is 18.6 Å². The Bertz CT molecular complexity index is 1000. The van der Waals surface area contributed by atoms with Crippen LogP contribution in [0.4, 0.5) is 0 Å². The number of hydrogen-bond donors (Lipinski definition) is 1. The molecule has 0 saturated carbocycles. The van der Waals surface area contributed by atoms with Crippen LogP contribution in [-0.4, -0.2) is 41.5 Å². The quantitative estimate of drug-likeness (QED) is 0.591. The lowest BCUT2D eigenvalue weighted by Gasteiger charge is -2.32. The first-order valence-corrected chi connectivity index (χ1v) is 10.9. The Kier molecular flexibility index (Phi) is 7.18. The number of amides is 1. The van der Waals surface area contributed by atoms with E-state index in [1.807, 2.05) is 24.4 Å². The van der Waals surface area contributed by atoms with E-state index in [4.69, 9.17) is 16.3 Å². The summed E-state index contributed by atoms with van der Waals surface area (Å²) in [6.45, 7) is 2.81. The van der Waals surface area contributed by atoms with Gasteiger partial charge in [-0.1, -0.05) is 41.9 Å². The zero-order valence-corrected chi connectivity index (χ0v) is 18.1. The Balaban J connectivity index is 1.22. The van der Waals surface area contributed by atoms with E-state index in [1.54, 1.807) is 24.3 Å². The van der Waals surface area contributed by atoms with Gasteiger partial charge in [-0.25, -0.2) is 0 Å². The second-order valence-electron chi connectivity index (χ2n) is 7.78. The molecular formula is C25H26ClN3O2. The molecule has 6 heteroatoms. The first kappa shape index (κ1) is 21.3. The van der Waals surface area contributed by atoms with Crippen LogP contribution >= 0.6 is 11.6 Å². The first-order chi connectivity index (χ1) is 15.2. The summed E-state index contributed by atoms with van der Waals surface area (Å²) in [5.41, 5.74) is 3.41. The summed E-state index contributed by atoms with van der Waals surface area (Å²) >= 11 is 5.94. The summed E-state index contributed by atoms with van der Waals surface area (Å²) in [6.07, 6.45) is 3.69. The van der Waals surface area contributed by atoms with Crippen molar-refractivity contribution in [1.82, 2.24) is 15.2 Å². The average Bonchev–Trinajstić information content (AvgIpc) is 2.80. The maximum Gasteiger partial charge on any atom is 0.258 e. The van der Waals surface area contributed by atoms with Crippen molar-refractivity contribution in [2.24, 2.45) is 0 Å². The second-order valence-corrected chi connectivity index (χ2v) is 8.22. The molecule has 160 valence electrons. The van der Waals surface area contributed by atoms with E-state index >= 15 is 0 Å². The fourth-order valence-corrected chi connectivity index (χ4v) is 4.01. The van der Waals surface area contributed by atoms with Crippen LogP contribution < -0.4 is 10.1 Å². The average molecular weight is 436 g/mol. The van der Waals surface area contributed by atoms with E-state index in [2.05, 4.69) is 39.5 Å². The van der Waals surface area contributed by atoms with Gasteiger partial charge < -0.3 is 10.1 Å². The third-order valence-electron chi connectivity index (χ3n) is 5.41. The fraction of sp³-hybridized carbons (Fsp3) is 0.280. The maximum absolute atomic E-state index is 12.2. The Labute approximate surface area is 188 Å². The molecule has 1 aromatic heterocycles. The van der Waals surface area contributed by atoms with Crippen LogP contribution in [0.25, 0.3) is 11.3 Å². The second kappa shape index (κ2) is 10.4. The number of carbonyl (C=O) groups is 1. The van der Waals surface area contributed by atoms with Crippen LogP contribution in [0, 0.1) is 0 Å². The van der Waals surface area contributed by atoms with Gasteiger partial charge in [-0.2, -0.15) is 0 Å². The monoisotopic (exact) mass is 435 g/mol. The van der Waals surface area contributed by atoms with Crippen molar-refractivity contribution < 1.29 is 9.53 Å². The van der Waals surface area contributed by atoms with Crippen molar-refractivity contribution in [2.45, 2.75) is 25.4 Å². The minimum atomic E-state index is -0.0958. The van der Waals surface area contributed by atoms with Crippen molar-refractivity contribution in [3.63, 3.8) is 0 Å². The van der Waals surface area contributed by atoms with Crippen molar-refractivity contribution in [2.75, 3.05) is 19.7 Å². The number of hydrogen-bond acceptors (Lipinski definition) is 4. The van der Waals surface area contributed by atoms with E-state index in [1.165, 1.54) is 5.56 Å². The van der Waals surface area contributed by atoms with Gasteiger partial charge in [0.15, 0.2) is 6.61 Å². The molecule has 0 spiro atoms. The van der Waals surface area contributed by atoms with Gasteiger partial charge in [0.2, 0.25) is 0 Å². The molecule has 2 aromatic carbocycles. The van der Waals surface area contributed by atoms with E-state index in [0.29, 0.717) is 10.8 Å². The molecule has 1 saturated heterocycles. The molecule has 1 fully saturated rings. The number of benzene rings is 2. The van der Waals surface area contributed by atoms with Gasteiger partial charge in [0, 0.05) is 42.5 Å². The smallest absolute Gasteiger partial charge is 0.258 e. The molecule has 2 heterocycles. The van der Waals surface area contributed by atoms with Gasteiger partial charge in [0.1, 0.15) is 5.75 Å². The molecule has 5 nitrogen and oxygen atoms in total. The summed E-state index contributed by atoms with van der Waals surface area (Å²) < 4.78 is 5.53. The van der Waals surface area contributed by atoms with E-state index in [0.717, 1.165) is 43.7 Å². The Hall–Kier alpha value is -2.89. The third kappa shape index (κ3) is 6.29. The van der Waals surface area contributed by atoms with Crippen LogP contribution in [0.2, 0.25) is 5.02 Å². The normalized spacial score (nSPS) is 14.9. The highest BCUT2D eigenvalue weighted by Crippen LogP contribution is 2.20. The third-order valence-corrected chi connectivity index (χ3v) is 5.65. The van der Waals surface area contributed by atoms with Crippen molar-refractivity contribution in [3.8, 4) is 17.0 Å². The predicted octanol–water partition coefficient (Wildman–Crippen LogP) is 4.56. The topological polar surface area (TPSA) is 54.5 Å². The standard InChI is InChI=1S/C25H26ClN3O2/c26-21-7-4-8-23(16-21)31-18-25(30)28-22-10-13-29(14-11-22)17-19-5-3-6-20(15-19)24-9-1-2-12-27-24/h1-9,12,15-16,22H,10-11,13-14,17-18H2,(H,28,30). The van der Waals surface area contributed by atoms with Crippen molar-refractivity contribution in [3.05, 3.63) is 83.5 Å². The summed E-state index contributed by atoms with van der Waals surface area (Å²) in [4.78, 5) is 19.1. The number of nitrogens with zero attached hydrogens (tertiary/aromatic N) is 2. The summed E-state index contributed by atoms with van der Waals surface area (Å²) in [5, 5.41) is 3.68. The minimum Gasteiger partial charge on any atom is -0.484 e. The number of aromatic nitrogens is 1. The molecule has 3 aromatic rings. The van der Waals surface area contributed by atoms with Crippen molar-refractivity contribution in [1.29, 1.82) is 0 Å². The Morgan fingerprint density at radius 2 is 1.90 bits per heavy atom.